The zero-order valence-corrected chi connectivity index (χ0v) is 10.1. The SMILES string of the molecule is CCn1ccc(CNC2CC(=O)N(C)C2=O)c1. The van der Waals surface area contributed by atoms with E-state index in [4.69, 9.17) is 0 Å². The fourth-order valence-corrected chi connectivity index (χ4v) is 1.95. The van der Waals surface area contributed by atoms with E-state index in [1.54, 1.807) is 0 Å². The van der Waals surface area contributed by atoms with Crippen molar-refractivity contribution in [3.63, 3.8) is 0 Å². The molecular weight excluding hydrogens is 218 g/mol. The van der Waals surface area contributed by atoms with Gasteiger partial charge in [0, 0.05) is 32.5 Å². The molecule has 1 unspecified atom stereocenters. The Morgan fingerprint density at radius 1 is 1.47 bits per heavy atom. The van der Waals surface area contributed by atoms with Crippen LogP contribution in [0.3, 0.4) is 0 Å². The van der Waals surface area contributed by atoms with Crippen molar-refractivity contribution in [3.8, 4) is 0 Å². The highest BCUT2D eigenvalue weighted by atomic mass is 16.2. The number of likely N-dealkylation sites (tertiary alicyclic amines) is 1. The lowest BCUT2D eigenvalue weighted by Crippen LogP contribution is -2.36. The molecule has 1 aliphatic heterocycles. The van der Waals surface area contributed by atoms with E-state index in [0.717, 1.165) is 12.1 Å². The molecule has 17 heavy (non-hydrogen) atoms. The monoisotopic (exact) mass is 235 g/mol. The van der Waals surface area contributed by atoms with Crippen molar-refractivity contribution in [1.82, 2.24) is 14.8 Å². The standard InChI is InChI=1S/C12H17N3O2/c1-3-15-5-4-9(8-15)7-13-10-6-11(16)14(2)12(10)17/h4-5,8,10,13H,3,6-7H2,1-2H3. The van der Waals surface area contributed by atoms with Crippen molar-refractivity contribution < 1.29 is 9.59 Å². The smallest absolute Gasteiger partial charge is 0.246 e. The van der Waals surface area contributed by atoms with Gasteiger partial charge in [0.25, 0.3) is 0 Å². The number of rotatable bonds is 4. The average Bonchev–Trinajstić information content (AvgIpc) is 2.88. The van der Waals surface area contributed by atoms with E-state index in [2.05, 4.69) is 16.8 Å². The molecule has 0 spiro atoms. The van der Waals surface area contributed by atoms with Crippen LogP contribution in [0.15, 0.2) is 18.5 Å². The number of imide groups is 1. The van der Waals surface area contributed by atoms with Crippen LogP contribution in [0.5, 0.6) is 0 Å². The summed E-state index contributed by atoms with van der Waals surface area (Å²) in [7, 11) is 1.53. The quantitative estimate of drug-likeness (QED) is 0.766. The second-order valence-electron chi connectivity index (χ2n) is 4.28. The van der Waals surface area contributed by atoms with Gasteiger partial charge in [0.1, 0.15) is 0 Å². The van der Waals surface area contributed by atoms with E-state index >= 15 is 0 Å². The number of likely N-dealkylation sites (N-methyl/N-ethyl adjacent to an activating group) is 1. The first-order chi connectivity index (χ1) is 8.11. The Bertz CT molecular complexity index is 439. The van der Waals surface area contributed by atoms with Crippen LogP contribution in [0.4, 0.5) is 0 Å². The summed E-state index contributed by atoms with van der Waals surface area (Å²) in [5.41, 5.74) is 1.13. The Balaban J connectivity index is 1.90. The van der Waals surface area contributed by atoms with E-state index < -0.39 is 0 Å². The molecule has 92 valence electrons. The lowest BCUT2D eigenvalue weighted by molar-refractivity contribution is -0.137. The fraction of sp³-hybridized carbons (Fsp3) is 0.500. The summed E-state index contributed by atoms with van der Waals surface area (Å²) in [6.07, 6.45) is 4.31. The molecule has 1 N–H and O–H groups in total. The van der Waals surface area contributed by atoms with Crippen LogP contribution in [0.25, 0.3) is 0 Å². The van der Waals surface area contributed by atoms with Gasteiger partial charge in [0.05, 0.1) is 12.5 Å². The van der Waals surface area contributed by atoms with Gasteiger partial charge in [-0.2, -0.15) is 0 Å². The molecule has 1 aliphatic rings. The van der Waals surface area contributed by atoms with Gasteiger partial charge >= 0.3 is 0 Å². The first kappa shape index (κ1) is 11.9. The van der Waals surface area contributed by atoms with Crippen LogP contribution < -0.4 is 5.32 Å². The molecule has 1 saturated heterocycles. The molecule has 2 rings (SSSR count). The van der Waals surface area contributed by atoms with E-state index in [1.165, 1.54) is 11.9 Å². The van der Waals surface area contributed by atoms with E-state index in [0.29, 0.717) is 6.54 Å². The number of hydrogen-bond donors (Lipinski definition) is 1. The number of nitrogens with zero attached hydrogens (tertiary/aromatic N) is 2. The van der Waals surface area contributed by atoms with Crippen molar-refractivity contribution in [2.75, 3.05) is 7.05 Å². The molecule has 0 aliphatic carbocycles. The van der Waals surface area contributed by atoms with Gasteiger partial charge < -0.3 is 9.88 Å². The van der Waals surface area contributed by atoms with Crippen molar-refractivity contribution in [1.29, 1.82) is 0 Å². The molecule has 0 radical (unpaired) electrons. The molecule has 5 heteroatoms. The predicted molar refractivity (Wildman–Crippen MR) is 63.1 cm³/mol. The van der Waals surface area contributed by atoms with Crippen LogP contribution in [-0.2, 0) is 22.7 Å². The number of nitrogens with one attached hydrogen (secondary N) is 1. The molecule has 1 aromatic heterocycles. The number of hydrogen-bond acceptors (Lipinski definition) is 3. The summed E-state index contributed by atoms with van der Waals surface area (Å²) < 4.78 is 2.07. The number of aryl methyl sites for hydroxylation is 1. The molecule has 1 atom stereocenters. The summed E-state index contributed by atoms with van der Waals surface area (Å²) in [5.74, 6) is -0.247. The lowest BCUT2D eigenvalue weighted by atomic mass is 10.2. The summed E-state index contributed by atoms with van der Waals surface area (Å²) >= 11 is 0. The molecule has 0 aromatic carbocycles. The average molecular weight is 235 g/mol. The number of carbonyl (C=O) groups excluding carboxylic acids is 2. The number of aromatic nitrogens is 1. The fourth-order valence-electron chi connectivity index (χ4n) is 1.95. The zero-order valence-electron chi connectivity index (χ0n) is 10.1. The summed E-state index contributed by atoms with van der Waals surface area (Å²) in [4.78, 5) is 24.1. The first-order valence-corrected chi connectivity index (χ1v) is 5.80. The van der Waals surface area contributed by atoms with E-state index in [-0.39, 0.29) is 24.3 Å². The van der Waals surface area contributed by atoms with Crippen LogP contribution in [0, 0.1) is 0 Å². The highest BCUT2D eigenvalue weighted by Crippen LogP contribution is 2.11. The predicted octanol–water partition coefficient (Wildman–Crippen LogP) is 0.355. The Hall–Kier alpha value is -1.62. The van der Waals surface area contributed by atoms with Crippen molar-refractivity contribution in [2.45, 2.75) is 32.5 Å². The molecule has 0 bridgehead atoms. The molecule has 5 nitrogen and oxygen atoms in total. The van der Waals surface area contributed by atoms with Crippen LogP contribution >= 0.6 is 0 Å². The van der Waals surface area contributed by atoms with Crippen molar-refractivity contribution >= 4 is 11.8 Å². The Kier molecular flexibility index (Phi) is 3.28. The van der Waals surface area contributed by atoms with Crippen molar-refractivity contribution in [2.24, 2.45) is 0 Å². The molecule has 2 heterocycles. The topological polar surface area (TPSA) is 54.3 Å². The maximum atomic E-state index is 11.6. The van der Waals surface area contributed by atoms with Crippen LogP contribution in [0.1, 0.15) is 18.9 Å². The number of carbonyl (C=O) groups is 2. The molecule has 1 fully saturated rings. The largest absolute Gasteiger partial charge is 0.354 e. The molecule has 2 amide bonds. The summed E-state index contributed by atoms with van der Waals surface area (Å²) in [5, 5.41) is 3.12. The molecule has 0 saturated carbocycles. The van der Waals surface area contributed by atoms with Gasteiger partial charge in [-0.15, -0.1) is 0 Å². The van der Waals surface area contributed by atoms with Gasteiger partial charge in [-0.3, -0.25) is 14.5 Å². The molecule has 1 aromatic rings. The second kappa shape index (κ2) is 4.71. The zero-order chi connectivity index (χ0) is 12.4. The van der Waals surface area contributed by atoms with Gasteiger partial charge in [-0.05, 0) is 18.6 Å². The Labute approximate surface area is 100 Å². The third-order valence-electron chi connectivity index (χ3n) is 3.11. The van der Waals surface area contributed by atoms with E-state index in [1.807, 2.05) is 18.5 Å². The normalized spacial score (nSPS) is 20.4. The second-order valence-corrected chi connectivity index (χ2v) is 4.28. The number of amides is 2. The minimum atomic E-state index is -0.363. The summed E-state index contributed by atoms with van der Waals surface area (Å²) in [6.45, 7) is 3.62. The third-order valence-corrected chi connectivity index (χ3v) is 3.11. The molecular formula is C12H17N3O2. The maximum Gasteiger partial charge on any atom is 0.246 e. The highest BCUT2D eigenvalue weighted by molar-refractivity contribution is 6.05. The van der Waals surface area contributed by atoms with E-state index in [9.17, 15) is 9.59 Å². The Morgan fingerprint density at radius 2 is 2.24 bits per heavy atom. The first-order valence-electron chi connectivity index (χ1n) is 5.80. The minimum absolute atomic E-state index is 0.112. The lowest BCUT2D eigenvalue weighted by Gasteiger charge is -2.09. The third kappa shape index (κ3) is 2.39. The van der Waals surface area contributed by atoms with Crippen LogP contribution in [-0.4, -0.2) is 34.4 Å². The van der Waals surface area contributed by atoms with Gasteiger partial charge in [-0.1, -0.05) is 0 Å². The minimum Gasteiger partial charge on any atom is -0.354 e. The highest BCUT2D eigenvalue weighted by Gasteiger charge is 2.35. The maximum absolute atomic E-state index is 11.6. The van der Waals surface area contributed by atoms with Gasteiger partial charge in [0.15, 0.2) is 0 Å². The van der Waals surface area contributed by atoms with Gasteiger partial charge in [0.2, 0.25) is 11.8 Å². The summed E-state index contributed by atoms with van der Waals surface area (Å²) in [6, 6.07) is 1.65. The van der Waals surface area contributed by atoms with Crippen molar-refractivity contribution in [3.05, 3.63) is 24.0 Å². The Morgan fingerprint density at radius 3 is 2.76 bits per heavy atom. The van der Waals surface area contributed by atoms with Gasteiger partial charge in [-0.25, -0.2) is 0 Å². The van der Waals surface area contributed by atoms with Crippen LogP contribution in [0.2, 0.25) is 0 Å².